The second-order valence-corrected chi connectivity index (χ2v) is 3.52. The van der Waals surface area contributed by atoms with Gasteiger partial charge >= 0.3 is 5.69 Å². The molecule has 0 aliphatic heterocycles. The lowest BCUT2D eigenvalue weighted by Crippen LogP contribution is -2.37. The molecule has 0 aromatic carbocycles. The van der Waals surface area contributed by atoms with E-state index in [1.54, 1.807) is 11.6 Å². The number of imidazole rings is 1. The zero-order chi connectivity index (χ0) is 11.2. The lowest BCUT2D eigenvalue weighted by molar-refractivity contribution is 0.705. The Balaban J connectivity index is 3.11. The van der Waals surface area contributed by atoms with Gasteiger partial charge in [-0.2, -0.15) is 12.6 Å². The number of hydrogen-bond donors (Lipinski definition) is 1. The average Bonchev–Trinajstić information content (AvgIpc) is 2.67. The minimum atomic E-state index is -0.378. The van der Waals surface area contributed by atoms with Crippen molar-refractivity contribution >= 4 is 23.8 Å². The van der Waals surface area contributed by atoms with E-state index in [-0.39, 0.29) is 11.2 Å². The first-order chi connectivity index (χ1) is 7.07. The summed E-state index contributed by atoms with van der Waals surface area (Å²) >= 11 is 4.08. The van der Waals surface area contributed by atoms with Gasteiger partial charge in [-0.3, -0.25) is 13.9 Å². The Morgan fingerprint density at radius 2 is 2.00 bits per heavy atom. The van der Waals surface area contributed by atoms with Crippen molar-refractivity contribution in [1.82, 2.24) is 18.7 Å². The van der Waals surface area contributed by atoms with E-state index >= 15 is 0 Å². The SMILES string of the molecule is Cn1c(=O)c2c(ncn2CS)n(C)c1=O. The Bertz CT molecular complexity index is 636. The highest BCUT2D eigenvalue weighted by Gasteiger charge is 2.12. The maximum atomic E-state index is 11.8. The van der Waals surface area contributed by atoms with Gasteiger partial charge < -0.3 is 4.57 Å². The molecule has 0 unspecified atom stereocenters. The molecule has 0 aliphatic rings. The molecule has 0 radical (unpaired) electrons. The van der Waals surface area contributed by atoms with E-state index in [1.165, 1.54) is 17.9 Å². The van der Waals surface area contributed by atoms with Crippen LogP contribution in [0.4, 0.5) is 0 Å². The number of aryl methyl sites for hydroxylation is 1. The predicted octanol–water partition coefficient (Wildman–Crippen LogP) is -0.679. The number of hydrogen-bond acceptors (Lipinski definition) is 4. The van der Waals surface area contributed by atoms with Gasteiger partial charge in [0.2, 0.25) is 0 Å². The maximum absolute atomic E-state index is 11.8. The van der Waals surface area contributed by atoms with Gasteiger partial charge in [0.25, 0.3) is 5.56 Å². The van der Waals surface area contributed by atoms with Crippen molar-refractivity contribution in [3.63, 3.8) is 0 Å². The molecule has 15 heavy (non-hydrogen) atoms. The summed E-state index contributed by atoms with van der Waals surface area (Å²) < 4.78 is 4.00. The van der Waals surface area contributed by atoms with Crippen LogP contribution in [-0.4, -0.2) is 18.7 Å². The molecule has 7 heteroatoms. The normalized spacial score (nSPS) is 11.1. The maximum Gasteiger partial charge on any atom is 0.332 e. The third kappa shape index (κ3) is 1.23. The smallest absolute Gasteiger partial charge is 0.315 e. The summed E-state index contributed by atoms with van der Waals surface area (Å²) in [5.74, 6) is 0.351. The number of rotatable bonds is 1. The topological polar surface area (TPSA) is 61.8 Å². The first-order valence-corrected chi connectivity index (χ1v) is 4.93. The molecule has 0 N–H and O–H groups in total. The second-order valence-electron chi connectivity index (χ2n) is 3.23. The zero-order valence-electron chi connectivity index (χ0n) is 8.34. The van der Waals surface area contributed by atoms with Crippen LogP contribution in [-0.2, 0) is 20.0 Å². The van der Waals surface area contributed by atoms with E-state index in [0.29, 0.717) is 17.0 Å². The van der Waals surface area contributed by atoms with Gasteiger partial charge in [-0.05, 0) is 0 Å². The summed E-state index contributed by atoms with van der Waals surface area (Å²) in [5.41, 5.74) is 0.0586. The highest BCUT2D eigenvalue weighted by atomic mass is 32.1. The van der Waals surface area contributed by atoms with Gasteiger partial charge in [0.15, 0.2) is 11.2 Å². The molecule has 0 aliphatic carbocycles. The van der Waals surface area contributed by atoms with Crippen molar-refractivity contribution in [3.05, 3.63) is 27.2 Å². The highest BCUT2D eigenvalue weighted by molar-refractivity contribution is 7.79. The molecule has 2 aromatic rings. The largest absolute Gasteiger partial charge is 0.332 e. The third-order valence-corrected chi connectivity index (χ3v) is 2.67. The van der Waals surface area contributed by atoms with Gasteiger partial charge in [0, 0.05) is 14.1 Å². The summed E-state index contributed by atoms with van der Waals surface area (Å²) in [4.78, 5) is 27.4. The molecule has 2 aromatic heterocycles. The van der Waals surface area contributed by atoms with Crippen molar-refractivity contribution in [2.45, 2.75) is 5.88 Å². The monoisotopic (exact) mass is 226 g/mol. The van der Waals surface area contributed by atoms with Crippen LogP contribution in [0.5, 0.6) is 0 Å². The van der Waals surface area contributed by atoms with Gasteiger partial charge in [0.05, 0.1) is 12.2 Å². The molecule has 0 saturated heterocycles. The molecule has 80 valence electrons. The lowest BCUT2D eigenvalue weighted by atomic mass is 10.5. The molecule has 0 amide bonds. The third-order valence-electron chi connectivity index (χ3n) is 2.37. The summed E-state index contributed by atoms with van der Waals surface area (Å²) in [5, 5.41) is 0. The van der Waals surface area contributed by atoms with Crippen LogP contribution in [0.1, 0.15) is 0 Å². The van der Waals surface area contributed by atoms with Crippen LogP contribution in [0.2, 0.25) is 0 Å². The van der Waals surface area contributed by atoms with E-state index in [9.17, 15) is 9.59 Å². The van der Waals surface area contributed by atoms with Gasteiger partial charge in [-0.1, -0.05) is 0 Å². The van der Waals surface area contributed by atoms with Crippen LogP contribution in [0.3, 0.4) is 0 Å². The second kappa shape index (κ2) is 3.27. The van der Waals surface area contributed by atoms with Gasteiger partial charge in [-0.25, -0.2) is 9.78 Å². The van der Waals surface area contributed by atoms with Crippen molar-refractivity contribution < 1.29 is 0 Å². The van der Waals surface area contributed by atoms with E-state index < -0.39 is 0 Å². The van der Waals surface area contributed by atoms with Crippen LogP contribution in [0, 0.1) is 0 Å². The zero-order valence-corrected chi connectivity index (χ0v) is 9.23. The van der Waals surface area contributed by atoms with E-state index in [1.807, 2.05) is 0 Å². The average molecular weight is 226 g/mol. The first kappa shape index (κ1) is 10.0. The summed E-state index contributed by atoms with van der Waals surface area (Å²) in [6.07, 6.45) is 1.50. The fourth-order valence-corrected chi connectivity index (χ4v) is 1.72. The molecular formula is C8H10N4O2S. The highest BCUT2D eigenvalue weighted by Crippen LogP contribution is 2.05. The fraction of sp³-hybridized carbons (Fsp3) is 0.375. The lowest BCUT2D eigenvalue weighted by Gasteiger charge is -2.03. The van der Waals surface area contributed by atoms with Crippen molar-refractivity contribution in [2.75, 3.05) is 0 Å². The molecule has 0 atom stereocenters. The fourth-order valence-electron chi connectivity index (χ4n) is 1.50. The Morgan fingerprint density at radius 3 is 2.60 bits per heavy atom. The Morgan fingerprint density at radius 1 is 1.33 bits per heavy atom. The van der Waals surface area contributed by atoms with Gasteiger partial charge in [0.1, 0.15) is 0 Å². The molecule has 6 nitrogen and oxygen atoms in total. The molecule has 0 spiro atoms. The Labute approximate surface area is 90.2 Å². The number of nitrogens with zero attached hydrogens (tertiary/aromatic N) is 4. The number of thiol groups is 1. The molecular weight excluding hydrogens is 216 g/mol. The van der Waals surface area contributed by atoms with E-state index in [0.717, 1.165) is 4.57 Å². The molecule has 2 heterocycles. The standard InChI is InChI=1S/C8H10N4O2S/c1-10-6-5(12(4-15)3-9-6)7(13)11(2)8(10)14/h3,15H,4H2,1-2H3. The molecule has 0 saturated carbocycles. The number of aromatic nitrogens is 4. The Hall–Kier alpha value is -1.50. The minimum absolute atomic E-state index is 0.348. The van der Waals surface area contributed by atoms with Crippen molar-refractivity contribution in [3.8, 4) is 0 Å². The van der Waals surface area contributed by atoms with E-state index in [4.69, 9.17) is 0 Å². The van der Waals surface area contributed by atoms with Crippen molar-refractivity contribution in [2.24, 2.45) is 14.1 Å². The molecule has 0 fully saturated rings. The first-order valence-electron chi connectivity index (χ1n) is 4.29. The quantitative estimate of drug-likeness (QED) is 0.655. The predicted molar refractivity (Wildman–Crippen MR) is 59.2 cm³/mol. The molecule has 2 rings (SSSR count). The molecule has 0 bridgehead atoms. The van der Waals surface area contributed by atoms with Crippen LogP contribution < -0.4 is 11.2 Å². The summed E-state index contributed by atoms with van der Waals surface area (Å²) in [6, 6.07) is 0. The van der Waals surface area contributed by atoms with Crippen LogP contribution in [0.15, 0.2) is 15.9 Å². The Kier molecular flexibility index (Phi) is 2.18. The van der Waals surface area contributed by atoms with Crippen molar-refractivity contribution in [1.29, 1.82) is 0 Å². The number of fused-ring (bicyclic) bond motifs is 1. The van der Waals surface area contributed by atoms with Crippen LogP contribution in [0.25, 0.3) is 11.2 Å². The minimum Gasteiger partial charge on any atom is -0.315 e. The summed E-state index contributed by atoms with van der Waals surface area (Å²) in [6.45, 7) is 0. The van der Waals surface area contributed by atoms with Gasteiger partial charge in [-0.15, -0.1) is 0 Å². The van der Waals surface area contributed by atoms with Crippen LogP contribution >= 0.6 is 12.6 Å². The summed E-state index contributed by atoms with van der Waals surface area (Å²) in [7, 11) is 3.03. The van der Waals surface area contributed by atoms with E-state index in [2.05, 4.69) is 17.6 Å².